The molecule has 0 nitrogen and oxygen atoms in total. The number of allylic oxidation sites excluding steroid dienone is 2. The van der Waals surface area contributed by atoms with Crippen LogP contribution in [0.25, 0.3) is 32.7 Å². The van der Waals surface area contributed by atoms with E-state index in [0.29, 0.717) is 0 Å². The minimum Gasteiger partial charge on any atom is -0.0829 e. The van der Waals surface area contributed by atoms with Crippen molar-refractivity contribution in [2.24, 2.45) is 0 Å². The molecule has 0 amide bonds. The fourth-order valence-electron chi connectivity index (χ4n) is 7.06. The molecule has 34 heavy (non-hydrogen) atoms. The number of hydrogen-bond donors (Lipinski definition) is 0. The highest BCUT2D eigenvalue weighted by molar-refractivity contribution is 6.13. The molecule has 0 N–H and O–H groups in total. The molecular formula is C34H36. The van der Waals surface area contributed by atoms with Gasteiger partial charge in [0.05, 0.1) is 0 Å². The third kappa shape index (κ3) is 3.04. The zero-order valence-corrected chi connectivity index (χ0v) is 21.0. The summed E-state index contributed by atoms with van der Waals surface area (Å²) in [7, 11) is 0. The van der Waals surface area contributed by atoms with E-state index in [1.165, 1.54) is 88.7 Å². The molecule has 2 aliphatic carbocycles. The Hall–Kier alpha value is -2.86. The van der Waals surface area contributed by atoms with Crippen LogP contribution >= 0.6 is 0 Å². The van der Waals surface area contributed by atoms with Gasteiger partial charge >= 0.3 is 0 Å². The van der Waals surface area contributed by atoms with E-state index in [9.17, 15) is 0 Å². The summed E-state index contributed by atoms with van der Waals surface area (Å²) in [5.41, 5.74) is 10.7. The Bertz CT molecular complexity index is 1430. The van der Waals surface area contributed by atoms with Gasteiger partial charge in [0.2, 0.25) is 0 Å². The largest absolute Gasteiger partial charge is 0.0829 e. The number of unbranched alkanes of at least 4 members (excludes halogenated alkanes) is 5. The molecule has 0 saturated carbocycles. The maximum Gasteiger partial charge on any atom is 0.0397 e. The summed E-state index contributed by atoms with van der Waals surface area (Å²) in [6, 6.07) is 20.8. The van der Waals surface area contributed by atoms with Crippen molar-refractivity contribution in [2.75, 3.05) is 0 Å². The third-order valence-electron chi connectivity index (χ3n) is 8.68. The van der Waals surface area contributed by atoms with Gasteiger partial charge in [-0.1, -0.05) is 112 Å². The standard InChI is InChI=1S/C34H36/c1-4-5-6-7-8-13-20-34-21-14-19-27-24(3)26-16-10-12-18-29(26)32(33(27)34)31-28-17-11-9-15-25(28)23(2)22-30(31)34/h9-12,14-18,21-22H,4-8,13,19-20H2,1-3H3. The first kappa shape index (κ1) is 21.7. The minimum absolute atomic E-state index is 0.0204. The Balaban J connectivity index is 1.63. The van der Waals surface area contributed by atoms with Gasteiger partial charge in [-0.15, -0.1) is 0 Å². The second-order valence-electron chi connectivity index (χ2n) is 10.7. The molecule has 0 fully saturated rings. The summed E-state index contributed by atoms with van der Waals surface area (Å²) < 4.78 is 0. The van der Waals surface area contributed by atoms with Crippen LogP contribution in [0, 0.1) is 13.8 Å². The van der Waals surface area contributed by atoms with Crippen molar-refractivity contribution in [3.8, 4) is 11.1 Å². The van der Waals surface area contributed by atoms with Crippen LogP contribution in [0.1, 0.15) is 79.7 Å². The number of benzene rings is 4. The Labute approximate surface area is 204 Å². The fraction of sp³-hybridized carbons (Fsp3) is 0.353. The molecule has 4 aromatic rings. The molecule has 2 aliphatic rings. The van der Waals surface area contributed by atoms with E-state index in [-0.39, 0.29) is 5.41 Å². The van der Waals surface area contributed by atoms with Crippen molar-refractivity contribution in [1.82, 2.24) is 0 Å². The maximum absolute atomic E-state index is 2.60. The average molecular weight is 445 g/mol. The summed E-state index contributed by atoms with van der Waals surface area (Å²) in [6.07, 6.45) is 15.4. The van der Waals surface area contributed by atoms with Crippen molar-refractivity contribution in [3.05, 3.63) is 94.6 Å². The van der Waals surface area contributed by atoms with Gasteiger partial charge in [0.25, 0.3) is 0 Å². The summed E-state index contributed by atoms with van der Waals surface area (Å²) in [6.45, 7) is 6.97. The summed E-state index contributed by atoms with van der Waals surface area (Å²) in [5, 5.41) is 5.70. The van der Waals surface area contributed by atoms with Gasteiger partial charge in [-0.3, -0.25) is 0 Å². The zero-order chi connectivity index (χ0) is 23.3. The number of rotatable bonds is 7. The molecule has 0 radical (unpaired) electrons. The normalized spacial score (nSPS) is 18.0. The molecule has 1 atom stereocenters. The van der Waals surface area contributed by atoms with Gasteiger partial charge in [0.1, 0.15) is 0 Å². The highest BCUT2D eigenvalue weighted by Crippen LogP contribution is 2.60. The number of hydrogen-bond acceptors (Lipinski definition) is 0. The van der Waals surface area contributed by atoms with Crippen molar-refractivity contribution in [3.63, 3.8) is 0 Å². The monoisotopic (exact) mass is 444 g/mol. The van der Waals surface area contributed by atoms with Crippen LogP contribution in [0.5, 0.6) is 0 Å². The van der Waals surface area contributed by atoms with Crippen molar-refractivity contribution in [1.29, 1.82) is 0 Å². The minimum atomic E-state index is 0.0204. The van der Waals surface area contributed by atoms with E-state index >= 15 is 0 Å². The first-order chi connectivity index (χ1) is 16.7. The number of aryl methyl sites for hydroxylation is 2. The molecule has 4 aromatic carbocycles. The van der Waals surface area contributed by atoms with Gasteiger partial charge in [-0.05, 0) is 87.2 Å². The van der Waals surface area contributed by atoms with Crippen molar-refractivity contribution < 1.29 is 0 Å². The van der Waals surface area contributed by atoms with Crippen LogP contribution in [0.4, 0.5) is 0 Å². The van der Waals surface area contributed by atoms with Crippen LogP contribution in [0.15, 0.2) is 66.7 Å². The van der Waals surface area contributed by atoms with E-state index in [1.54, 1.807) is 16.7 Å². The molecule has 1 unspecified atom stereocenters. The molecule has 6 rings (SSSR count). The quantitative estimate of drug-likeness (QED) is 0.196. The molecule has 172 valence electrons. The number of fused-ring (bicyclic) bond motifs is 7. The molecule has 0 aromatic heterocycles. The van der Waals surface area contributed by atoms with Gasteiger partial charge in [0, 0.05) is 5.41 Å². The fourth-order valence-corrected chi connectivity index (χ4v) is 7.06. The molecule has 0 heterocycles. The smallest absolute Gasteiger partial charge is 0.0397 e. The first-order valence-corrected chi connectivity index (χ1v) is 13.4. The van der Waals surface area contributed by atoms with E-state index in [4.69, 9.17) is 0 Å². The second-order valence-corrected chi connectivity index (χ2v) is 10.7. The molecular weight excluding hydrogens is 408 g/mol. The van der Waals surface area contributed by atoms with Crippen LogP contribution in [0.3, 0.4) is 0 Å². The van der Waals surface area contributed by atoms with Crippen molar-refractivity contribution >= 4 is 21.5 Å². The third-order valence-corrected chi connectivity index (χ3v) is 8.68. The molecule has 0 spiro atoms. The van der Waals surface area contributed by atoms with Crippen LogP contribution < -0.4 is 0 Å². The Morgan fingerprint density at radius 3 is 2.15 bits per heavy atom. The van der Waals surface area contributed by atoms with Crippen LogP contribution in [-0.4, -0.2) is 0 Å². The second kappa shape index (κ2) is 8.42. The predicted octanol–water partition coefficient (Wildman–Crippen LogP) is 9.74. The highest BCUT2D eigenvalue weighted by atomic mass is 14.5. The zero-order valence-electron chi connectivity index (χ0n) is 21.0. The van der Waals surface area contributed by atoms with E-state index < -0.39 is 0 Å². The lowest BCUT2D eigenvalue weighted by atomic mass is 9.68. The van der Waals surface area contributed by atoms with Gasteiger partial charge in [-0.25, -0.2) is 0 Å². The maximum atomic E-state index is 2.60. The van der Waals surface area contributed by atoms with Gasteiger partial charge < -0.3 is 0 Å². The predicted molar refractivity (Wildman–Crippen MR) is 148 cm³/mol. The molecule has 0 bridgehead atoms. The summed E-state index contributed by atoms with van der Waals surface area (Å²) in [5.74, 6) is 0. The van der Waals surface area contributed by atoms with Crippen molar-refractivity contribution in [2.45, 2.75) is 77.6 Å². The lowest BCUT2D eigenvalue weighted by molar-refractivity contribution is 0.511. The molecule has 0 aliphatic heterocycles. The lowest BCUT2D eigenvalue weighted by Crippen LogP contribution is -2.27. The Morgan fingerprint density at radius 2 is 1.38 bits per heavy atom. The SMILES string of the molecule is CCCCCCCCC12C=CCc3c1c(c1ccccc1c3C)-c1c2cc(C)c2ccccc12. The van der Waals surface area contributed by atoms with Gasteiger partial charge in [0.15, 0.2) is 0 Å². The highest BCUT2D eigenvalue weighted by Gasteiger charge is 2.46. The average Bonchev–Trinajstić information content (AvgIpc) is 3.16. The van der Waals surface area contributed by atoms with Gasteiger partial charge in [-0.2, -0.15) is 0 Å². The van der Waals surface area contributed by atoms with Crippen LogP contribution in [-0.2, 0) is 11.8 Å². The summed E-state index contributed by atoms with van der Waals surface area (Å²) >= 11 is 0. The molecule has 0 heteroatoms. The Kier molecular flexibility index (Phi) is 5.36. The van der Waals surface area contributed by atoms with Crippen LogP contribution in [0.2, 0.25) is 0 Å². The lowest BCUT2D eigenvalue weighted by Gasteiger charge is -2.35. The van der Waals surface area contributed by atoms with E-state index in [1.807, 2.05) is 0 Å². The topological polar surface area (TPSA) is 0 Å². The molecule has 0 saturated heterocycles. The van der Waals surface area contributed by atoms with E-state index in [2.05, 4.69) is 87.5 Å². The van der Waals surface area contributed by atoms with E-state index in [0.717, 1.165) is 6.42 Å². The first-order valence-electron chi connectivity index (χ1n) is 13.4. The Morgan fingerprint density at radius 1 is 0.735 bits per heavy atom. The summed E-state index contributed by atoms with van der Waals surface area (Å²) in [4.78, 5) is 0.